The zero-order valence-electron chi connectivity index (χ0n) is 19.9. The molecule has 1 N–H and O–H groups in total. The summed E-state index contributed by atoms with van der Waals surface area (Å²) in [4.78, 5) is 12.4. The van der Waals surface area contributed by atoms with Crippen molar-refractivity contribution < 1.29 is 28.3 Å². The molecular formula is C26H27N3O6. The predicted octanol–water partition coefficient (Wildman–Crippen LogP) is 4.78. The second-order valence-corrected chi connectivity index (χ2v) is 7.32. The van der Waals surface area contributed by atoms with Crippen LogP contribution in [-0.2, 0) is 4.79 Å². The van der Waals surface area contributed by atoms with E-state index in [9.17, 15) is 10.1 Å². The molecule has 0 aliphatic rings. The Morgan fingerprint density at radius 3 is 2.60 bits per heavy atom. The standard InChI is InChI=1S/C26H27N3O6/c1-4-32-24-15-19(14-20(17-27)26(30)28-25-13-18(2)35-29-25)9-10-23(24)34-12-6-11-33-22-8-5-7-21(16-22)31-3/h5,7-10,13-16H,4,6,11-12H2,1-3H3,(H,28,29,30)/b20-14-. The highest BCUT2D eigenvalue weighted by atomic mass is 16.5. The lowest BCUT2D eigenvalue weighted by molar-refractivity contribution is -0.112. The molecule has 0 atom stereocenters. The van der Waals surface area contributed by atoms with Gasteiger partial charge in [-0.25, -0.2) is 0 Å². The molecule has 2 aromatic carbocycles. The number of nitrogens with zero attached hydrogens (tertiary/aromatic N) is 2. The van der Waals surface area contributed by atoms with E-state index < -0.39 is 5.91 Å². The van der Waals surface area contributed by atoms with Gasteiger partial charge in [-0.2, -0.15) is 5.26 Å². The van der Waals surface area contributed by atoms with E-state index in [0.717, 1.165) is 11.5 Å². The van der Waals surface area contributed by atoms with Crippen molar-refractivity contribution in [2.45, 2.75) is 20.3 Å². The molecule has 3 rings (SSSR count). The van der Waals surface area contributed by atoms with Crippen molar-refractivity contribution in [2.75, 3.05) is 32.2 Å². The number of hydrogen-bond acceptors (Lipinski definition) is 8. The van der Waals surface area contributed by atoms with Crippen LogP contribution in [0.15, 0.2) is 58.6 Å². The van der Waals surface area contributed by atoms with Crippen LogP contribution >= 0.6 is 0 Å². The minimum absolute atomic E-state index is 0.0866. The van der Waals surface area contributed by atoms with Crippen molar-refractivity contribution >= 4 is 17.8 Å². The molecule has 0 saturated heterocycles. The van der Waals surface area contributed by atoms with Gasteiger partial charge in [0.2, 0.25) is 0 Å². The lowest BCUT2D eigenvalue weighted by Gasteiger charge is -2.13. The summed E-state index contributed by atoms with van der Waals surface area (Å²) in [6, 6.07) is 16.1. The first-order chi connectivity index (χ1) is 17.0. The van der Waals surface area contributed by atoms with E-state index in [1.807, 2.05) is 37.3 Å². The molecule has 35 heavy (non-hydrogen) atoms. The number of anilines is 1. The summed E-state index contributed by atoms with van der Waals surface area (Å²) >= 11 is 0. The van der Waals surface area contributed by atoms with Gasteiger partial charge in [-0.1, -0.05) is 17.3 Å². The molecule has 0 saturated carbocycles. The summed E-state index contributed by atoms with van der Waals surface area (Å²) in [6.07, 6.45) is 2.13. The third-order valence-electron chi connectivity index (χ3n) is 4.67. The minimum atomic E-state index is -0.588. The van der Waals surface area contributed by atoms with Gasteiger partial charge >= 0.3 is 0 Å². The number of nitrogens with one attached hydrogen (secondary N) is 1. The number of hydrogen-bond donors (Lipinski definition) is 1. The van der Waals surface area contributed by atoms with Gasteiger partial charge in [-0.05, 0) is 49.8 Å². The average molecular weight is 478 g/mol. The number of nitriles is 1. The summed E-state index contributed by atoms with van der Waals surface area (Å²) in [5.74, 6) is 2.74. The van der Waals surface area contributed by atoms with Crippen LogP contribution in [0.4, 0.5) is 5.82 Å². The predicted molar refractivity (Wildman–Crippen MR) is 130 cm³/mol. The van der Waals surface area contributed by atoms with Crippen LogP contribution < -0.4 is 24.3 Å². The molecule has 182 valence electrons. The summed E-state index contributed by atoms with van der Waals surface area (Å²) < 4.78 is 27.4. The van der Waals surface area contributed by atoms with Gasteiger partial charge in [0.05, 0.1) is 26.9 Å². The molecular weight excluding hydrogens is 450 g/mol. The molecule has 3 aromatic rings. The number of ether oxygens (including phenoxy) is 4. The molecule has 9 nitrogen and oxygen atoms in total. The minimum Gasteiger partial charge on any atom is -0.497 e. The number of aryl methyl sites for hydroxylation is 1. The Morgan fingerprint density at radius 1 is 1.09 bits per heavy atom. The molecule has 1 heterocycles. The largest absolute Gasteiger partial charge is 0.497 e. The first-order valence-electron chi connectivity index (χ1n) is 11.1. The molecule has 0 unspecified atom stereocenters. The molecule has 0 radical (unpaired) electrons. The molecule has 9 heteroatoms. The lowest BCUT2D eigenvalue weighted by Crippen LogP contribution is -2.13. The van der Waals surface area contributed by atoms with Crippen molar-refractivity contribution in [3.63, 3.8) is 0 Å². The second kappa shape index (κ2) is 12.7. The Labute approximate surface area is 203 Å². The van der Waals surface area contributed by atoms with E-state index in [2.05, 4.69) is 10.5 Å². The number of carbonyl (C=O) groups excluding carboxylic acids is 1. The zero-order valence-corrected chi connectivity index (χ0v) is 19.9. The van der Waals surface area contributed by atoms with E-state index in [4.69, 9.17) is 23.5 Å². The van der Waals surface area contributed by atoms with E-state index in [1.165, 1.54) is 6.08 Å². The number of carbonyl (C=O) groups is 1. The van der Waals surface area contributed by atoms with Crippen LogP contribution in [0.5, 0.6) is 23.0 Å². The Bertz CT molecular complexity index is 1210. The van der Waals surface area contributed by atoms with Gasteiger partial charge in [-0.15, -0.1) is 0 Å². The lowest BCUT2D eigenvalue weighted by atomic mass is 10.1. The van der Waals surface area contributed by atoms with Crippen molar-refractivity contribution in [1.82, 2.24) is 5.16 Å². The summed E-state index contributed by atoms with van der Waals surface area (Å²) in [6.45, 7) is 4.89. The van der Waals surface area contributed by atoms with Gasteiger partial charge in [0.1, 0.15) is 28.9 Å². The molecule has 0 spiro atoms. The Balaban J connectivity index is 1.59. The topological polar surface area (TPSA) is 116 Å². The van der Waals surface area contributed by atoms with Crippen molar-refractivity contribution in [3.8, 4) is 29.1 Å². The van der Waals surface area contributed by atoms with Crippen LogP contribution in [-0.4, -0.2) is 38.0 Å². The first-order valence-corrected chi connectivity index (χ1v) is 11.1. The van der Waals surface area contributed by atoms with Gasteiger partial charge in [-0.3, -0.25) is 4.79 Å². The number of amides is 1. The third-order valence-corrected chi connectivity index (χ3v) is 4.67. The average Bonchev–Trinajstić information content (AvgIpc) is 3.27. The van der Waals surface area contributed by atoms with Crippen LogP contribution in [0.1, 0.15) is 24.7 Å². The number of benzene rings is 2. The monoisotopic (exact) mass is 477 g/mol. The molecule has 0 bridgehead atoms. The van der Waals surface area contributed by atoms with Crippen LogP contribution in [0.2, 0.25) is 0 Å². The summed E-state index contributed by atoms with van der Waals surface area (Å²) in [7, 11) is 1.61. The van der Waals surface area contributed by atoms with Gasteiger partial charge < -0.3 is 28.8 Å². The van der Waals surface area contributed by atoms with Gasteiger partial charge in [0.25, 0.3) is 5.91 Å². The first kappa shape index (κ1) is 25.2. The summed E-state index contributed by atoms with van der Waals surface area (Å²) in [5, 5.41) is 15.7. The van der Waals surface area contributed by atoms with Crippen molar-refractivity contribution in [3.05, 3.63) is 65.4 Å². The number of methoxy groups -OCH3 is 1. The van der Waals surface area contributed by atoms with Crippen molar-refractivity contribution in [2.24, 2.45) is 0 Å². The molecule has 0 fully saturated rings. The highest BCUT2D eigenvalue weighted by Gasteiger charge is 2.13. The van der Waals surface area contributed by atoms with E-state index in [1.54, 1.807) is 38.3 Å². The van der Waals surface area contributed by atoms with E-state index >= 15 is 0 Å². The SMILES string of the molecule is CCOc1cc(/C=C(/C#N)C(=O)Nc2cc(C)on2)ccc1OCCCOc1cccc(OC)c1. The van der Waals surface area contributed by atoms with E-state index in [0.29, 0.717) is 49.1 Å². The normalized spacial score (nSPS) is 10.9. The van der Waals surface area contributed by atoms with Gasteiger partial charge in [0.15, 0.2) is 17.3 Å². The van der Waals surface area contributed by atoms with Crippen LogP contribution in [0.3, 0.4) is 0 Å². The maximum atomic E-state index is 12.4. The molecule has 1 aromatic heterocycles. The third kappa shape index (κ3) is 7.54. The Hall–Kier alpha value is -4.45. The molecule has 0 aliphatic carbocycles. The van der Waals surface area contributed by atoms with Gasteiger partial charge in [0, 0.05) is 18.6 Å². The molecule has 1 amide bonds. The molecule has 0 aliphatic heterocycles. The zero-order chi connectivity index (χ0) is 25.0. The second-order valence-electron chi connectivity index (χ2n) is 7.32. The number of rotatable bonds is 12. The fraction of sp³-hybridized carbons (Fsp3) is 0.269. The fourth-order valence-electron chi connectivity index (χ4n) is 3.05. The fourth-order valence-corrected chi connectivity index (χ4v) is 3.05. The quantitative estimate of drug-likeness (QED) is 0.225. The Morgan fingerprint density at radius 2 is 1.89 bits per heavy atom. The maximum absolute atomic E-state index is 12.4. The summed E-state index contributed by atoms with van der Waals surface area (Å²) in [5.41, 5.74) is 0.529. The Kier molecular flexibility index (Phi) is 9.14. The van der Waals surface area contributed by atoms with E-state index in [-0.39, 0.29) is 11.4 Å². The highest BCUT2D eigenvalue weighted by Crippen LogP contribution is 2.30. The van der Waals surface area contributed by atoms with Crippen LogP contribution in [0, 0.1) is 18.3 Å². The van der Waals surface area contributed by atoms with Crippen LogP contribution in [0.25, 0.3) is 6.08 Å². The van der Waals surface area contributed by atoms with Crippen molar-refractivity contribution in [1.29, 1.82) is 5.26 Å². The maximum Gasteiger partial charge on any atom is 0.267 e. The highest BCUT2D eigenvalue weighted by molar-refractivity contribution is 6.09. The smallest absolute Gasteiger partial charge is 0.267 e. The number of aromatic nitrogens is 1.